The van der Waals surface area contributed by atoms with Crippen molar-refractivity contribution in [2.45, 2.75) is 12.8 Å². The molecule has 2 rings (SSSR count). The first-order chi connectivity index (χ1) is 10.8. The smallest absolute Gasteiger partial charge is 0.193 e. The standard InChI is InChI=1S/C16H27N3O3.HI/c1-17-16(18-7-5-15-4-3-9-22-15)19-8-6-14(12-19)13-21-11-10-20-2;/h3-4,9,14H,5-8,10-13H2,1-2H3,(H,17,18);1H. The zero-order valence-electron chi connectivity index (χ0n) is 14.0. The van der Waals surface area contributed by atoms with Gasteiger partial charge in [-0.25, -0.2) is 0 Å². The van der Waals surface area contributed by atoms with Crippen LogP contribution < -0.4 is 5.32 Å². The third-order valence-electron chi connectivity index (χ3n) is 3.82. The average molecular weight is 437 g/mol. The van der Waals surface area contributed by atoms with Crippen molar-refractivity contribution >= 4 is 29.9 Å². The molecule has 1 unspecified atom stereocenters. The summed E-state index contributed by atoms with van der Waals surface area (Å²) in [6.07, 6.45) is 3.72. The molecule has 7 heteroatoms. The number of nitrogens with one attached hydrogen (secondary N) is 1. The normalized spacial score (nSPS) is 18.1. The Kier molecular flexibility index (Phi) is 10.3. The van der Waals surface area contributed by atoms with Crippen molar-refractivity contribution in [2.75, 3.05) is 53.6 Å². The lowest BCUT2D eigenvalue weighted by molar-refractivity contribution is 0.0536. The topological polar surface area (TPSA) is 59.2 Å². The second-order valence-electron chi connectivity index (χ2n) is 5.47. The minimum Gasteiger partial charge on any atom is -0.469 e. The fourth-order valence-electron chi connectivity index (χ4n) is 2.64. The van der Waals surface area contributed by atoms with E-state index in [0.29, 0.717) is 19.1 Å². The van der Waals surface area contributed by atoms with Crippen LogP contribution in [0.2, 0.25) is 0 Å². The number of halogens is 1. The highest BCUT2D eigenvalue weighted by atomic mass is 127. The molecule has 0 saturated carbocycles. The fourth-order valence-corrected chi connectivity index (χ4v) is 2.64. The maximum Gasteiger partial charge on any atom is 0.193 e. The Morgan fingerprint density at radius 3 is 3.04 bits per heavy atom. The van der Waals surface area contributed by atoms with Crippen molar-refractivity contribution in [2.24, 2.45) is 10.9 Å². The van der Waals surface area contributed by atoms with Gasteiger partial charge in [0.15, 0.2) is 5.96 Å². The molecule has 1 fully saturated rings. The number of hydrogen-bond donors (Lipinski definition) is 1. The minimum absolute atomic E-state index is 0. The summed E-state index contributed by atoms with van der Waals surface area (Å²) in [5, 5.41) is 3.40. The summed E-state index contributed by atoms with van der Waals surface area (Å²) in [6.45, 7) is 4.97. The van der Waals surface area contributed by atoms with Crippen LogP contribution in [0.1, 0.15) is 12.2 Å². The lowest BCUT2D eigenvalue weighted by Gasteiger charge is -2.21. The van der Waals surface area contributed by atoms with Crippen LogP contribution in [0.15, 0.2) is 27.8 Å². The van der Waals surface area contributed by atoms with Crippen molar-refractivity contribution in [3.05, 3.63) is 24.2 Å². The highest BCUT2D eigenvalue weighted by Gasteiger charge is 2.24. The fraction of sp³-hybridized carbons (Fsp3) is 0.688. The molecule has 0 radical (unpaired) electrons. The molecule has 1 aromatic heterocycles. The van der Waals surface area contributed by atoms with Crippen molar-refractivity contribution in [1.29, 1.82) is 0 Å². The first kappa shape index (κ1) is 20.2. The van der Waals surface area contributed by atoms with Gasteiger partial charge in [-0.15, -0.1) is 24.0 Å². The van der Waals surface area contributed by atoms with Gasteiger partial charge in [0.25, 0.3) is 0 Å². The first-order valence-electron chi connectivity index (χ1n) is 7.88. The van der Waals surface area contributed by atoms with E-state index in [1.807, 2.05) is 19.2 Å². The number of likely N-dealkylation sites (tertiary alicyclic amines) is 1. The molecule has 0 amide bonds. The number of guanidine groups is 1. The Hall–Kier alpha value is -0.800. The third kappa shape index (κ3) is 7.09. The Bertz CT molecular complexity index is 440. The predicted octanol–water partition coefficient (Wildman–Crippen LogP) is 2.00. The summed E-state index contributed by atoms with van der Waals surface area (Å²) < 4.78 is 15.9. The Labute approximate surface area is 155 Å². The molecule has 1 aromatic rings. The molecule has 23 heavy (non-hydrogen) atoms. The second-order valence-corrected chi connectivity index (χ2v) is 5.47. The van der Waals surface area contributed by atoms with E-state index >= 15 is 0 Å². The van der Waals surface area contributed by atoms with Gasteiger partial charge in [0.05, 0.1) is 26.1 Å². The molecule has 1 N–H and O–H groups in total. The predicted molar refractivity (Wildman–Crippen MR) is 102 cm³/mol. The number of furan rings is 1. The average Bonchev–Trinajstić information content (AvgIpc) is 3.20. The second kappa shape index (κ2) is 11.7. The van der Waals surface area contributed by atoms with Gasteiger partial charge in [-0.3, -0.25) is 4.99 Å². The molecule has 132 valence electrons. The van der Waals surface area contributed by atoms with E-state index in [0.717, 1.165) is 50.8 Å². The third-order valence-corrected chi connectivity index (χ3v) is 3.82. The number of rotatable bonds is 8. The molecular formula is C16H28IN3O3. The lowest BCUT2D eigenvalue weighted by Crippen LogP contribution is -2.41. The van der Waals surface area contributed by atoms with Crippen molar-refractivity contribution in [1.82, 2.24) is 10.2 Å². The number of hydrogen-bond acceptors (Lipinski definition) is 4. The Morgan fingerprint density at radius 1 is 1.48 bits per heavy atom. The van der Waals surface area contributed by atoms with Gasteiger partial charge in [-0.1, -0.05) is 0 Å². The van der Waals surface area contributed by atoms with E-state index in [9.17, 15) is 0 Å². The molecule has 1 atom stereocenters. The van der Waals surface area contributed by atoms with Gasteiger partial charge in [-0.05, 0) is 18.6 Å². The quantitative estimate of drug-likeness (QED) is 0.292. The number of ether oxygens (including phenoxy) is 2. The van der Waals surface area contributed by atoms with Crippen LogP contribution in [0.25, 0.3) is 0 Å². The zero-order chi connectivity index (χ0) is 15.6. The van der Waals surface area contributed by atoms with Gasteiger partial charge in [0, 0.05) is 46.1 Å². The Balaban J connectivity index is 0.00000264. The van der Waals surface area contributed by atoms with Crippen LogP contribution >= 0.6 is 24.0 Å². The molecule has 0 aromatic carbocycles. The van der Waals surface area contributed by atoms with Crippen LogP contribution in [-0.4, -0.2) is 64.5 Å². The number of aliphatic imine (C=N–C) groups is 1. The maximum atomic E-state index is 5.63. The summed E-state index contributed by atoms with van der Waals surface area (Å²) >= 11 is 0. The highest BCUT2D eigenvalue weighted by Crippen LogP contribution is 2.16. The highest BCUT2D eigenvalue weighted by molar-refractivity contribution is 14.0. The van der Waals surface area contributed by atoms with Gasteiger partial charge >= 0.3 is 0 Å². The molecule has 2 heterocycles. The van der Waals surface area contributed by atoms with Gasteiger partial charge in [0.1, 0.15) is 5.76 Å². The summed E-state index contributed by atoms with van der Waals surface area (Å²) in [5.41, 5.74) is 0. The molecule has 0 aliphatic carbocycles. The SMILES string of the molecule is CN=C(NCCc1ccco1)N1CCC(COCCOC)C1.I. The van der Waals surface area contributed by atoms with Crippen LogP contribution in [0, 0.1) is 5.92 Å². The van der Waals surface area contributed by atoms with Crippen LogP contribution in [-0.2, 0) is 15.9 Å². The summed E-state index contributed by atoms with van der Waals surface area (Å²) in [4.78, 5) is 6.67. The van der Waals surface area contributed by atoms with E-state index in [-0.39, 0.29) is 24.0 Å². The van der Waals surface area contributed by atoms with E-state index in [1.54, 1.807) is 13.4 Å². The van der Waals surface area contributed by atoms with E-state index in [4.69, 9.17) is 13.9 Å². The van der Waals surface area contributed by atoms with E-state index in [1.165, 1.54) is 0 Å². The van der Waals surface area contributed by atoms with E-state index in [2.05, 4.69) is 15.2 Å². The minimum atomic E-state index is 0. The zero-order valence-corrected chi connectivity index (χ0v) is 16.3. The molecule has 6 nitrogen and oxygen atoms in total. The number of nitrogens with zero attached hydrogens (tertiary/aromatic N) is 2. The van der Waals surface area contributed by atoms with Crippen LogP contribution in [0.5, 0.6) is 0 Å². The lowest BCUT2D eigenvalue weighted by atomic mass is 10.1. The maximum absolute atomic E-state index is 5.63. The van der Waals surface area contributed by atoms with E-state index < -0.39 is 0 Å². The van der Waals surface area contributed by atoms with Crippen molar-refractivity contribution < 1.29 is 13.9 Å². The van der Waals surface area contributed by atoms with Crippen molar-refractivity contribution in [3.63, 3.8) is 0 Å². The molecule has 1 aliphatic rings. The van der Waals surface area contributed by atoms with Crippen LogP contribution in [0.4, 0.5) is 0 Å². The largest absolute Gasteiger partial charge is 0.469 e. The van der Waals surface area contributed by atoms with Crippen molar-refractivity contribution in [3.8, 4) is 0 Å². The Morgan fingerprint density at radius 2 is 2.35 bits per heavy atom. The van der Waals surface area contributed by atoms with Gasteiger partial charge < -0.3 is 24.1 Å². The van der Waals surface area contributed by atoms with Gasteiger partial charge in [-0.2, -0.15) is 0 Å². The first-order valence-corrected chi connectivity index (χ1v) is 7.88. The molecule has 1 aliphatic heterocycles. The molecule has 0 spiro atoms. The summed E-state index contributed by atoms with van der Waals surface area (Å²) in [5.74, 6) is 2.53. The summed E-state index contributed by atoms with van der Waals surface area (Å²) in [7, 11) is 3.52. The molecule has 0 bridgehead atoms. The van der Waals surface area contributed by atoms with Crippen LogP contribution in [0.3, 0.4) is 0 Å². The van der Waals surface area contributed by atoms with Gasteiger partial charge in [0.2, 0.25) is 0 Å². The molecular weight excluding hydrogens is 409 g/mol. The number of methoxy groups -OCH3 is 1. The summed E-state index contributed by atoms with van der Waals surface area (Å²) in [6, 6.07) is 3.91. The molecule has 1 saturated heterocycles. The monoisotopic (exact) mass is 437 g/mol.